The smallest absolute Gasteiger partial charge is 0.240 e. The molecule has 134 valence electrons. The van der Waals surface area contributed by atoms with E-state index in [9.17, 15) is 13.6 Å². The molecule has 0 saturated heterocycles. The van der Waals surface area contributed by atoms with E-state index in [0.29, 0.717) is 5.56 Å². The van der Waals surface area contributed by atoms with Crippen LogP contribution in [-0.2, 0) is 4.79 Å². The van der Waals surface area contributed by atoms with Crippen molar-refractivity contribution < 1.29 is 13.6 Å². The number of hydrogen-bond acceptors (Lipinski definition) is 4. The minimum absolute atomic E-state index is 0.0347. The van der Waals surface area contributed by atoms with Gasteiger partial charge in [0.2, 0.25) is 5.91 Å². The molecule has 2 aliphatic rings. The fourth-order valence-electron chi connectivity index (χ4n) is 3.14. The monoisotopic (exact) mass is 390 g/mol. The predicted octanol–water partition coefficient (Wildman–Crippen LogP) is 4.68. The average Bonchev–Trinajstić information content (AvgIpc) is 2.97. The number of nitrogens with zero attached hydrogens (tertiary/aromatic N) is 2. The molecule has 0 aliphatic carbocycles. The van der Waals surface area contributed by atoms with Gasteiger partial charge in [-0.3, -0.25) is 4.79 Å². The lowest BCUT2D eigenvalue weighted by molar-refractivity contribution is -0.129. The Bertz CT molecular complexity index is 932. The van der Waals surface area contributed by atoms with Crippen LogP contribution >= 0.6 is 23.5 Å². The summed E-state index contributed by atoms with van der Waals surface area (Å²) < 4.78 is 27.7. The zero-order valence-corrected chi connectivity index (χ0v) is 15.8. The number of hydrogen-bond donors (Lipinski definition) is 0. The summed E-state index contributed by atoms with van der Waals surface area (Å²) in [7, 11) is 0. The van der Waals surface area contributed by atoms with E-state index in [0.717, 1.165) is 26.8 Å². The molecular weight excluding hydrogens is 374 g/mol. The number of benzene rings is 2. The summed E-state index contributed by atoms with van der Waals surface area (Å²) >= 11 is 3.05. The summed E-state index contributed by atoms with van der Waals surface area (Å²) in [6.07, 6.45) is 0. The quantitative estimate of drug-likeness (QED) is 0.746. The second-order valence-electron chi connectivity index (χ2n) is 6.33. The van der Waals surface area contributed by atoms with E-state index in [1.54, 1.807) is 30.8 Å². The molecule has 4 rings (SSSR count). The SMILES string of the molecule is CC(=O)N1N=C2c3cc(F)ccc3SCC2C1Sc1ccc(C)c(F)c1. The molecule has 7 heteroatoms. The number of carbonyl (C=O) groups is 1. The third-order valence-corrected chi connectivity index (χ3v) is 7.00. The first-order valence-corrected chi connectivity index (χ1v) is 10.0. The van der Waals surface area contributed by atoms with Crippen LogP contribution in [0.2, 0.25) is 0 Å². The van der Waals surface area contributed by atoms with Gasteiger partial charge in [-0.1, -0.05) is 17.8 Å². The van der Waals surface area contributed by atoms with Crippen molar-refractivity contribution in [2.75, 3.05) is 5.75 Å². The van der Waals surface area contributed by atoms with Gasteiger partial charge in [-0.2, -0.15) is 5.10 Å². The molecule has 2 aliphatic heterocycles. The van der Waals surface area contributed by atoms with Gasteiger partial charge in [-0.25, -0.2) is 13.8 Å². The van der Waals surface area contributed by atoms with E-state index in [2.05, 4.69) is 5.10 Å². The molecule has 2 atom stereocenters. The molecule has 0 saturated carbocycles. The molecule has 2 heterocycles. The van der Waals surface area contributed by atoms with E-state index >= 15 is 0 Å². The van der Waals surface area contributed by atoms with Crippen LogP contribution in [0.3, 0.4) is 0 Å². The highest BCUT2D eigenvalue weighted by molar-refractivity contribution is 8.00. The molecule has 0 aromatic heterocycles. The molecule has 2 aromatic carbocycles. The lowest BCUT2D eigenvalue weighted by Crippen LogP contribution is -2.35. The van der Waals surface area contributed by atoms with Crippen LogP contribution in [0.15, 0.2) is 51.3 Å². The van der Waals surface area contributed by atoms with Crippen LogP contribution < -0.4 is 0 Å². The Balaban J connectivity index is 1.70. The Labute approximate surface area is 158 Å². The third kappa shape index (κ3) is 3.03. The molecule has 0 fully saturated rings. The van der Waals surface area contributed by atoms with Crippen LogP contribution in [0.25, 0.3) is 0 Å². The van der Waals surface area contributed by atoms with Gasteiger partial charge < -0.3 is 0 Å². The predicted molar refractivity (Wildman–Crippen MR) is 100 cm³/mol. The average molecular weight is 390 g/mol. The third-order valence-electron chi connectivity index (χ3n) is 4.51. The Morgan fingerprint density at radius 3 is 2.81 bits per heavy atom. The number of carbonyl (C=O) groups excluding carboxylic acids is 1. The van der Waals surface area contributed by atoms with Crippen molar-refractivity contribution in [3.63, 3.8) is 0 Å². The van der Waals surface area contributed by atoms with E-state index in [1.807, 2.05) is 6.07 Å². The molecular formula is C19H16F2N2OS2. The lowest BCUT2D eigenvalue weighted by Gasteiger charge is -2.28. The molecule has 0 bridgehead atoms. The van der Waals surface area contributed by atoms with Gasteiger partial charge in [0, 0.05) is 33.9 Å². The molecule has 3 nitrogen and oxygen atoms in total. The maximum absolute atomic E-state index is 13.9. The number of halogens is 2. The normalized spacial score (nSPS) is 21.2. The van der Waals surface area contributed by atoms with Crippen molar-refractivity contribution in [2.45, 2.75) is 29.0 Å². The summed E-state index contributed by atoms with van der Waals surface area (Å²) in [5, 5.41) is 5.69. The highest BCUT2D eigenvalue weighted by Gasteiger charge is 2.43. The van der Waals surface area contributed by atoms with E-state index in [-0.39, 0.29) is 28.8 Å². The maximum Gasteiger partial charge on any atom is 0.240 e. The molecule has 26 heavy (non-hydrogen) atoms. The molecule has 0 radical (unpaired) electrons. The van der Waals surface area contributed by atoms with E-state index in [1.165, 1.54) is 41.9 Å². The maximum atomic E-state index is 13.9. The Hall–Kier alpha value is -1.86. The molecule has 2 unspecified atom stereocenters. The van der Waals surface area contributed by atoms with Gasteiger partial charge >= 0.3 is 0 Å². The highest BCUT2D eigenvalue weighted by atomic mass is 32.2. The first-order valence-electron chi connectivity index (χ1n) is 8.18. The fourth-order valence-corrected chi connectivity index (χ4v) is 5.73. The van der Waals surface area contributed by atoms with Crippen LogP contribution in [0.1, 0.15) is 18.1 Å². The molecule has 2 aromatic rings. The summed E-state index contributed by atoms with van der Waals surface area (Å²) in [6.45, 7) is 3.18. The second kappa shape index (κ2) is 6.70. The Morgan fingerprint density at radius 2 is 2.08 bits per heavy atom. The van der Waals surface area contributed by atoms with Crippen molar-refractivity contribution in [1.82, 2.24) is 5.01 Å². The van der Waals surface area contributed by atoms with Gasteiger partial charge in [-0.05, 0) is 42.8 Å². The van der Waals surface area contributed by atoms with Crippen molar-refractivity contribution in [3.05, 3.63) is 59.2 Å². The zero-order chi connectivity index (χ0) is 18.4. The summed E-state index contributed by atoms with van der Waals surface area (Å²) in [4.78, 5) is 13.9. The Morgan fingerprint density at radius 1 is 1.27 bits per heavy atom. The number of fused-ring (bicyclic) bond motifs is 3. The van der Waals surface area contributed by atoms with Crippen molar-refractivity contribution in [1.29, 1.82) is 0 Å². The van der Waals surface area contributed by atoms with Gasteiger partial charge in [0.05, 0.1) is 5.71 Å². The largest absolute Gasteiger partial charge is 0.273 e. The zero-order valence-electron chi connectivity index (χ0n) is 14.2. The number of thioether (sulfide) groups is 2. The van der Waals surface area contributed by atoms with Crippen LogP contribution in [-0.4, -0.2) is 27.8 Å². The number of aryl methyl sites for hydroxylation is 1. The topological polar surface area (TPSA) is 32.7 Å². The number of rotatable bonds is 2. The Kier molecular flexibility index (Phi) is 4.52. The second-order valence-corrected chi connectivity index (χ2v) is 8.58. The van der Waals surface area contributed by atoms with Crippen molar-refractivity contribution in [3.8, 4) is 0 Å². The minimum atomic E-state index is -0.321. The fraction of sp³-hybridized carbons (Fsp3) is 0.263. The van der Waals surface area contributed by atoms with Crippen LogP contribution in [0, 0.1) is 24.5 Å². The van der Waals surface area contributed by atoms with Gasteiger partial charge in [0.15, 0.2) is 0 Å². The summed E-state index contributed by atoms with van der Waals surface area (Å²) in [5.41, 5.74) is 2.06. The molecule has 0 spiro atoms. The van der Waals surface area contributed by atoms with Crippen molar-refractivity contribution in [2.24, 2.45) is 11.0 Å². The van der Waals surface area contributed by atoms with E-state index < -0.39 is 0 Å². The van der Waals surface area contributed by atoms with Gasteiger partial charge in [0.1, 0.15) is 17.0 Å². The first kappa shape index (κ1) is 17.5. The highest BCUT2D eigenvalue weighted by Crippen LogP contribution is 2.44. The first-order chi connectivity index (χ1) is 12.4. The van der Waals surface area contributed by atoms with Crippen LogP contribution in [0.5, 0.6) is 0 Å². The number of amides is 1. The minimum Gasteiger partial charge on any atom is -0.273 e. The summed E-state index contributed by atoms with van der Waals surface area (Å²) in [6, 6.07) is 9.73. The van der Waals surface area contributed by atoms with Gasteiger partial charge in [0.25, 0.3) is 0 Å². The van der Waals surface area contributed by atoms with E-state index in [4.69, 9.17) is 0 Å². The van der Waals surface area contributed by atoms with Gasteiger partial charge in [-0.15, -0.1) is 11.8 Å². The molecule has 0 N–H and O–H groups in total. The summed E-state index contributed by atoms with van der Waals surface area (Å²) in [5.74, 6) is -0.0620. The lowest BCUT2D eigenvalue weighted by atomic mass is 9.98. The standard InChI is InChI=1S/C19H16F2N2OS2/c1-10-3-5-13(8-16(10)21)26-19-15-9-25-17-6-4-12(20)7-14(17)18(15)22-23(19)11(2)24/h3-8,15,19H,9H2,1-2H3. The molecule has 1 amide bonds. The van der Waals surface area contributed by atoms with Crippen molar-refractivity contribution >= 4 is 35.1 Å². The van der Waals surface area contributed by atoms with Crippen LogP contribution in [0.4, 0.5) is 8.78 Å². The number of hydrazone groups is 1.